The number of ether oxygens (including phenoxy) is 4. The molecule has 0 saturated carbocycles. The first-order valence-electron chi connectivity index (χ1n) is 11.6. The van der Waals surface area contributed by atoms with Crippen molar-refractivity contribution in [2.45, 2.75) is 20.8 Å². The van der Waals surface area contributed by atoms with E-state index in [1.54, 1.807) is 0 Å². The summed E-state index contributed by atoms with van der Waals surface area (Å²) in [7, 11) is 8.30. The summed E-state index contributed by atoms with van der Waals surface area (Å²) in [4.78, 5) is 4.35. The zero-order valence-electron chi connectivity index (χ0n) is 21.5. The molecule has 0 bridgehead atoms. The topological polar surface area (TPSA) is 43.4 Å². The van der Waals surface area contributed by atoms with Gasteiger partial charge < -0.3 is 28.7 Å². The molecule has 2 aromatic carbocycles. The monoisotopic (exact) mass is 458 g/mol. The van der Waals surface area contributed by atoms with Crippen molar-refractivity contribution in [1.82, 2.24) is 9.80 Å². The standard InChI is InChI=1S/C27H42N2O4/c1-22(18-28(4)5)19-32-25-12-8-10-23(16-25)30-14-15-31-24-11-9-13-26(17-24)33-21-27(2,3)20-29(6)7/h8-13,16-17,22H,14-15,18-21H2,1-7H3. The summed E-state index contributed by atoms with van der Waals surface area (Å²) in [5.41, 5.74) is 0.0663. The number of rotatable bonds is 15. The summed E-state index contributed by atoms with van der Waals surface area (Å²) in [6, 6.07) is 15.5. The van der Waals surface area contributed by atoms with Crippen LogP contribution in [0.3, 0.4) is 0 Å². The van der Waals surface area contributed by atoms with Crippen LogP contribution in [0.25, 0.3) is 0 Å². The summed E-state index contributed by atoms with van der Waals surface area (Å²) in [5, 5.41) is 0. The van der Waals surface area contributed by atoms with E-state index in [4.69, 9.17) is 18.9 Å². The van der Waals surface area contributed by atoms with Crippen molar-refractivity contribution < 1.29 is 18.9 Å². The lowest BCUT2D eigenvalue weighted by Crippen LogP contribution is -2.33. The van der Waals surface area contributed by atoms with Crippen molar-refractivity contribution >= 4 is 0 Å². The molecule has 33 heavy (non-hydrogen) atoms. The molecule has 1 atom stereocenters. The molecule has 6 heteroatoms. The van der Waals surface area contributed by atoms with Gasteiger partial charge in [-0.3, -0.25) is 0 Å². The molecule has 2 rings (SSSR count). The molecule has 0 amide bonds. The normalized spacial score (nSPS) is 12.6. The lowest BCUT2D eigenvalue weighted by molar-refractivity contribution is 0.141. The molecular weight excluding hydrogens is 416 g/mol. The van der Waals surface area contributed by atoms with Gasteiger partial charge >= 0.3 is 0 Å². The Hall–Kier alpha value is -2.44. The summed E-state index contributed by atoms with van der Waals surface area (Å²) in [5.74, 6) is 3.64. The van der Waals surface area contributed by atoms with E-state index in [2.05, 4.69) is 58.8 Å². The van der Waals surface area contributed by atoms with Gasteiger partial charge in [0.15, 0.2) is 0 Å². The molecule has 2 aromatic rings. The van der Waals surface area contributed by atoms with Crippen molar-refractivity contribution in [1.29, 1.82) is 0 Å². The molecule has 0 aliphatic heterocycles. The molecule has 0 radical (unpaired) electrons. The molecule has 0 aliphatic carbocycles. The molecular formula is C27H42N2O4. The first kappa shape index (κ1) is 26.8. The van der Waals surface area contributed by atoms with Gasteiger partial charge in [-0.1, -0.05) is 32.9 Å². The average molecular weight is 459 g/mol. The van der Waals surface area contributed by atoms with E-state index in [1.165, 1.54) is 0 Å². The Kier molecular flexibility index (Phi) is 10.8. The fourth-order valence-corrected chi connectivity index (χ4v) is 3.72. The maximum Gasteiger partial charge on any atom is 0.123 e. The minimum absolute atomic E-state index is 0.0663. The predicted molar refractivity (Wildman–Crippen MR) is 135 cm³/mol. The minimum atomic E-state index is 0.0663. The Morgan fingerprint density at radius 3 is 1.70 bits per heavy atom. The van der Waals surface area contributed by atoms with Gasteiger partial charge in [-0.15, -0.1) is 0 Å². The van der Waals surface area contributed by atoms with E-state index in [0.29, 0.717) is 32.3 Å². The fourth-order valence-electron chi connectivity index (χ4n) is 3.72. The van der Waals surface area contributed by atoms with Gasteiger partial charge in [0, 0.05) is 36.6 Å². The van der Waals surface area contributed by atoms with Crippen molar-refractivity contribution in [2.75, 3.05) is 67.7 Å². The van der Waals surface area contributed by atoms with Gasteiger partial charge in [-0.25, -0.2) is 0 Å². The van der Waals surface area contributed by atoms with Crippen LogP contribution in [-0.4, -0.2) is 77.5 Å². The van der Waals surface area contributed by atoms with Crippen LogP contribution in [0.5, 0.6) is 23.0 Å². The molecule has 0 saturated heterocycles. The third-order valence-corrected chi connectivity index (χ3v) is 4.82. The maximum atomic E-state index is 6.01. The van der Waals surface area contributed by atoms with Gasteiger partial charge in [0.1, 0.15) is 36.2 Å². The average Bonchev–Trinajstić information content (AvgIpc) is 2.73. The third-order valence-electron chi connectivity index (χ3n) is 4.82. The Balaban J connectivity index is 1.75. The highest BCUT2D eigenvalue weighted by molar-refractivity contribution is 5.34. The Morgan fingerprint density at radius 1 is 0.727 bits per heavy atom. The fraction of sp³-hybridized carbons (Fsp3) is 0.556. The third kappa shape index (κ3) is 11.3. The van der Waals surface area contributed by atoms with Crippen molar-refractivity contribution in [2.24, 2.45) is 11.3 Å². The highest BCUT2D eigenvalue weighted by Crippen LogP contribution is 2.24. The Labute approximate surface area is 200 Å². The predicted octanol–water partition coefficient (Wildman–Crippen LogP) is 4.69. The molecule has 0 N–H and O–H groups in total. The van der Waals surface area contributed by atoms with Crippen LogP contribution in [-0.2, 0) is 0 Å². The Bertz CT molecular complexity index is 823. The van der Waals surface area contributed by atoms with Crippen LogP contribution in [0, 0.1) is 11.3 Å². The summed E-state index contributed by atoms with van der Waals surface area (Å²) in [6.45, 7) is 10.8. The van der Waals surface area contributed by atoms with Crippen molar-refractivity contribution in [3.63, 3.8) is 0 Å². The van der Waals surface area contributed by atoms with Crippen LogP contribution < -0.4 is 18.9 Å². The first-order valence-corrected chi connectivity index (χ1v) is 11.6. The summed E-state index contributed by atoms with van der Waals surface area (Å²) in [6.07, 6.45) is 0. The summed E-state index contributed by atoms with van der Waals surface area (Å²) >= 11 is 0. The summed E-state index contributed by atoms with van der Waals surface area (Å²) < 4.78 is 23.6. The number of hydrogen-bond acceptors (Lipinski definition) is 6. The minimum Gasteiger partial charge on any atom is -0.493 e. The van der Waals surface area contributed by atoms with E-state index in [-0.39, 0.29) is 5.41 Å². The smallest absolute Gasteiger partial charge is 0.123 e. The van der Waals surface area contributed by atoms with Gasteiger partial charge in [0.05, 0.1) is 13.2 Å². The van der Waals surface area contributed by atoms with Gasteiger partial charge in [0.25, 0.3) is 0 Å². The molecule has 0 aromatic heterocycles. The maximum absolute atomic E-state index is 6.01. The van der Waals surface area contributed by atoms with Crippen LogP contribution in [0.1, 0.15) is 20.8 Å². The number of nitrogens with zero attached hydrogens (tertiary/aromatic N) is 2. The van der Waals surface area contributed by atoms with Gasteiger partial charge in [-0.2, -0.15) is 0 Å². The van der Waals surface area contributed by atoms with Crippen molar-refractivity contribution in [3.8, 4) is 23.0 Å². The Morgan fingerprint density at radius 2 is 1.21 bits per heavy atom. The van der Waals surface area contributed by atoms with E-state index in [9.17, 15) is 0 Å². The first-order chi connectivity index (χ1) is 15.6. The van der Waals surface area contributed by atoms with E-state index >= 15 is 0 Å². The zero-order chi connectivity index (χ0) is 24.3. The largest absolute Gasteiger partial charge is 0.493 e. The van der Waals surface area contributed by atoms with Crippen LogP contribution >= 0.6 is 0 Å². The van der Waals surface area contributed by atoms with Gasteiger partial charge in [-0.05, 0) is 52.5 Å². The van der Waals surface area contributed by atoms with Crippen LogP contribution in [0.15, 0.2) is 48.5 Å². The lowest BCUT2D eigenvalue weighted by atomic mass is 9.94. The second-order valence-corrected chi connectivity index (χ2v) is 10.0. The van der Waals surface area contributed by atoms with E-state index in [0.717, 1.165) is 36.1 Å². The van der Waals surface area contributed by atoms with Crippen molar-refractivity contribution in [3.05, 3.63) is 48.5 Å². The molecule has 0 spiro atoms. The molecule has 184 valence electrons. The highest BCUT2D eigenvalue weighted by atomic mass is 16.5. The second-order valence-electron chi connectivity index (χ2n) is 10.0. The van der Waals surface area contributed by atoms with E-state index in [1.807, 2.05) is 48.5 Å². The van der Waals surface area contributed by atoms with Crippen LogP contribution in [0.4, 0.5) is 0 Å². The highest BCUT2D eigenvalue weighted by Gasteiger charge is 2.20. The SMILES string of the molecule is CC(COc1cccc(OCCOc2cccc(OCC(C)(C)CN(C)C)c2)c1)CN(C)C. The molecule has 6 nitrogen and oxygen atoms in total. The molecule has 0 aliphatic rings. The lowest BCUT2D eigenvalue weighted by Gasteiger charge is -2.28. The van der Waals surface area contributed by atoms with Gasteiger partial charge in [0.2, 0.25) is 0 Å². The van der Waals surface area contributed by atoms with E-state index < -0.39 is 0 Å². The molecule has 0 heterocycles. The molecule has 1 unspecified atom stereocenters. The number of hydrogen-bond donors (Lipinski definition) is 0. The second kappa shape index (κ2) is 13.3. The quantitative estimate of drug-likeness (QED) is 0.361. The zero-order valence-corrected chi connectivity index (χ0v) is 21.5. The molecule has 0 fully saturated rings. The van der Waals surface area contributed by atoms with Crippen LogP contribution in [0.2, 0.25) is 0 Å². The number of benzene rings is 2.